The van der Waals surface area contributed by atoms with Gasteiger partial charge in [0.1, 0.15) is 0 Å². The summed E-state index contributed by atoms with van der Waals surface area (Å²) in [6.07, 6.45) is 6.31. The van der Waals surface area contributed by atoms with E-state index < -0.39 is 0 Å². The molecule has 1 aliphatic heterocycles. The van der Waals surface area contributed by atoms with Crippen molar-refractivity contribution in [3.8, 4) is 0 Å². The second-order valence-corrected chi connectivity index (χ2v) is 5.90. The molecule has 2 heteroatoms. The molecule has 1 aromatic rings. The van der Waals surface area contributed by atoms with E-state index in [1.54, 1.807) is 0 Å². The third-order valence-corrected chi connectivity index (χ3v) is 4.52. The van der Waals surface area contributed by atoms with Gasteiger partial charge in [-0.15, -0.1) is 0 Å². The van der Waals surface area contributed by atoms with Gasteiger partial charge in [-0.25, -0.2) is 0 Å². The molecular formula is C18H30N2. The lowest BCUT2D eigenvalue weighted by molar-refractivity contribution is 0.518. The highest BCUT2D eigenvalue weighted by Gasteiger charge is 2.22. The zero-order chi connectivity index (χ0) is 14.4. The minimum atomic E-state index is 0.504. The Hall–Kier alpha value is -1.02. The largest absolute Gasteiger partial charge is 0.369 e. The molecule has 0 amide bonds. The highest BCUT2D eigenvalue weighted by molar-refractivity contribution is 5.49. The Morgan fingerprint density at radius 3 is 2.55 bits per heavy atom. The van der Waals surface area contributed by atoms with Gasteiger partial charge in [0.25, 0.3) is 0 Å². The molecule has 0 aromatic heterocycles. The van der Waals surface area contributed by atoms with Crippen molar-refractivity contribution < 1.29 is 0 Å². The zero-order valence-corrected chi connectivity index (χ0v) is 13.4. The van der Waals surface area contributed by atoms with Crippen LogP contribution >= 0.6 is 0 Å². The third-order valence-electron chi connectivity index (χ3n) is 4.52. The minimum absolute atomic E-state index is 0.504. The van der Waals surface area contributed by atoms with Crippen LogP contribution in [0, 0.1) is 0 Å². The number of hydrogen-bond acceptors (Lipinski definition) is 2. The molecule has 112 valence electrons. The van der Waals surface area contributed by atoms with Gasteiger partial charge in [0, 0.05) is 24.3 Å². The van der Waals surface area contributed by atoms with E-state index in [4.69, 9.17) is 0 Å². The standard InChI is InChI=1S/C18H30N2/c1-4-13-19-18(6-3)15-9-11-17(12-10-15)20-14-7-8-16(20)5-2/h9-12,16,18-19H,4-8,13-14H2,1-3H3. The molecular weight excluding hydrogens is 244 g/mol. The van der Waals surface area contributed by atoms with Crippen LogP contribution in [0.15, 0.2) is 24.3 Å². The summed E-state index contributed by atoms with van der Waals surface area (Å²) < 4.78 is 0. The number of benzene rings is 1. The number of nitrogens with zero attached hydrogens (tertiary/aromatic N) is 1. The fraction of sp³-hybridized carbons (Fsp3) is 0.667. The number of nitrogens with one attached hydrogen (secondary N) is 1. The molecule has 0 saturated carbocycles. The van der Waals surface area contributed by atoms with Crippen LogP contribution in [-0.4, -0.2) is 19.1 Å². The van der Waals surface area contributed by atoms with Crippen molar-refractivity contribution in [2.75, 3.05) is 18.0 Å². The van der Waals surface area contributed by atoms with Crippen molar-refractivity contribution in [2.24, 2.45) is 0 Å². The van der Waals surface area contributed by atoms with Crippen LogP contribution in [0.25, 0.3) is 0 Å². The van der Waals surface area contributed by atoms with Crippen molar-refractivity contribution in [1.29, 1.82) is 0 Å². The molecule has 20 heavy (non-hydrogen) atoms. The Balaban J connectivity index is 2.05. The minimum Gasteiger partial charge on any atom is -0.369 e. The quantitative estimate of drug-likeness (QED) is 0.786. The summed E-state index contributed by atoms with van der Waals surface area (Å²) in [4.78, 5) is 2.59. The monoisotopic (exact) mass is 274 g/mol. The summed E-state index contributed by atoms with van der Waals surface area (Å²) in [5, 5.41) is 3.63. The van der Waals surface area contributed by atoms with Gasteiger partial charge in [0.2, 0.25) is 0 Å². The van der Waals surface area contributed by atoms with E-state index in [-0.39, 0.29) is 0 Å². The van der Waals surface area contributed by atoms with Crippen LogP contribution < -0.4 is 10.2 Å². The van der Waals surface area contributed by atoms with E-state index in [1.165, 1.54) is 43.5 Å². The molecule has 1 fully saturated rings. The van der Waals surface area contributed by atoms with Crippen molar-refractivity contribution >= 4 is 5.69 Å². The average Bonchev–Trinajstić information content (AvgIpc) is 2.97. The molecule has 1 N–H and O–H groups in total. The van der Waals surface area contributed by atoms with Gasteiger partial charge in [0.05, 0.1) is 0 Å². The second-order valence-electron chi connectivity index (χ2n) is 5.90. The first-order chi connectivity index (χ1) is 9.80. The smallest absolute Gasteiger partial charge is 0.0368 e. The Morgan fingerprint density at radius 2 is 1.95 bits per heavy atom. The van der Waals surface area contributed by atoms with Crippen LogP contribution in [-0.2, 0) is 0 Å². The first-order valence-corrected chi connectivity index (χ1v) is 8.40. The van der Waals surface area contributed by atoms with Gasteiger partial charge in [-0.05, 0) is 56.3 Å². The molecule has 1 aromatic carbocycles. The van der Waals surface area contributed by atoms with Gasteiger partial charge in [-0.3, -0.25) is 0 Å². The first-order valence-electron chi connectivity index (χ1n) is 8.40. The Labute approximate surface area is 124 Å². The van der Waals surface area contributed by atoms with Gasteiger partial charge in [-0.1, -0.05) is 32.9 Å². The highest BCUT2D eigenvalue weighted by atomic mass is 15.2. The van der Waals surface area contributed by atoms with E-state index >= 15 is 0 Å². The molecule has 1 aliphatic rings. The van der Waals surface area contributed by atoms with E-state index in [2.05, 4.69) is 55.3 Å². The van der Waals surface area contributed by atoms with Crippen molar-refractivity contribution in [2.45, 2.75) is 65.0 Å². The van der Waals surface area contributed by atoms with E-state index in [0.717, 1.165) is 19.0 Å². The lowest BCUT2D eigenvalue weighted by atomic mass is 10.0. The second kappa shape index (κ2) is 7.68. The first kappa shape index (κ1) is 15.4. The Kier molecular flexibility index (Phi) is 5.90. The lowest BCUT2D eigenvalue weighted by Gasteiger charge is -2.26. The molecule has 0 bridgehead atoms. The van der Waals surface area contributed by atoms with Gasteiger partial charge >= 0.3 is 0 Å². The van der Waals surface area contributed by atoms with Crippen LogP contribution in [0.1, 0.15) is 64.5 Å². The van der Waals surface area contributed by atoms with E-state index in [1.807, 2.05) is 0 Å². The molecule has 1 heterocycles. The maximum atomic E-state index is 3.63. The lowest BCUT2D eigenvalue weighted by Crippen LogP contribution is -2.28. The molecule has 0 aliphatic carbocycles. The molecule has 2 atom stereocenters. The topological polar surface area (TPSA) is 15.3 Å². The van der Waals surface area contributed by atoms with Gasteiger partial charge in [0.15, 0.2) is 0 Å². The molecule has 2 rings (SSSR count). The maximum Gasteiger partial charge on any atom is 0.0368 e. The number of anilines is 1. The summed E-state index contributed by atoms with van der Waals surface area (Å²) in [5.74, 6) is 0. The van der Waals surface area contributed by atoms with Gasteiger partial charge in [-0.2, -0.15) is 0 Å². The molecule has 0 spiro atoms. The average molecular weight is 274 g/mol. The summed E-state index contributed by atoms with van der Waals surface area (Å²) in [6, 6.07) is 10.5. The molecule has 0 radical (unpaired) electrons. The van der Waals surface area contributed by atoms with Crippen LogP contribution in [0.4, 0.5) is 5.69 Å². The fourth-order valence-electron chi connectivity index (χ4n) is 3.31. The fourth-order valence-corrected chi connectivity index (χ4v) is 3.31. The van der Waals surface area contributed by atoms with E-state index in [0.29, 0.717) is 6.04 Å². The van der Waals surface area contributed by atoms with Crippen molar-refractivity contribution in [1.82, 2.24) is 5.32 Å². The summed E-state index contributed by atoms with van der Waals surface area (Å²) in [6.45, 7) is 9.11. The SMILES string of the molecule is CCCNC(CC)c1ccc(N2CCCC2CC)cc1. The molecule has 1 saturated heterocycles. The normalized spacial score (nSPS) is 20.4. The van der Waals surface area contributed by atoms with E-state index in [9.17, 15) is 0 Å². The summed E-state index contributed by atoms with van der Waals surface area (Å²) >= 11 is 0. The van der Waals surface area contributed by atoms with Crippen LogP contribution in [0.3, 0.4) is 0 Å². The summed E-state index contributed by atoms with van der Waals surface area (Å²) in [7, 11) is 0. The molecule has 2 unspecified atom stereocenters. The molecule has 2 nitrogen and oxygen atoms in total. The maximum absolute atomic E-state index is 3.63. The third kappa shape index (κ3) is 3.54. The summed E-state index contributed by atoms with van der Waals surface area (Å²) in [5.41, 5.74) is 2.83. The number of rotatable bonds is 7. The van der Waals surface area contributed by atoms with Crippen LogP contribution in [0.5, 0.6) is 0 Å². The highest BCUT2D eigenvalue weighted by Crippen LogP contribution is 2.28. The van der Waals surface area contributed by atoms with Crippen molar-refractivity contribution in [3.63, 3.8) is 0 Å². The predicted molar refractivity (Wildman–Crippen MR) is 88.4 cm³/mol. The zero-order valence-electron chi connectivity index (χ0n) is 13.4. The van der Waals surface area contributed by atoms with Crippen LogP contribution in [0.2, 0.25) is 0 Å². The Bertz CT molecular complexity index is 385. The number of hydrogen-bond donors (Lipinski definition) is 1. The van der Waals surface area contributed by atoms with Gasteiger partial charge < -0.3 is 10.2 Å². The predicted octanol–water partition coefficient (Wildman–Crippen LogP) is 4.52. The van der Waals surface area contributed by atoms with Crippen molar-refractivity contribution in [3.05, 3.63) is 29.8 Å². The Morgan fingerprint density at radius 1 is 1.20 bits per heavy atom.